The number of carbonyl (C=O) groups is 2. The number of hydrogen-bond donors (Lipinski definition) is 1. The average Bonchev–Trinajstić information content (AvgIpc) is 2.85. The molecule has 3 aromatic carbocycles. The Morgan fingerprint density at radius 2 is 1.62 bits per heavy atom. The normalized spacial score (nSPS) is 10.6. The van der Waals surface area contributed by atoms with E-state index in [1.54, 1.807) is 48.5 Å². The summed E-state index contributed by atoms with van der Waals surface area (Å²) in [4.78, 5) is 42.4. The molecule has 1 heterocycles. The van der Waals surface area contributed by atoms with Crippen molar-refractivity contribution in [2.75, 3.05) is 6.54 Å². The zero-order valence-electron chi connectivity index (χ0n) is 18.5. The van der Waals surface area contributed by atoms with Gasteiger partial charge in [-0.15, -0.1) is 0 Å². The van der Waals surface area contributed by atoms with Crippen molar-refractivity contribution in [3.8, 4) is 11.3 Å². The standard InChI is InChI=1S/C27H22FN3O3/c1-18-6-8-20(9-7-18)26(33)22-4-2-3-5-23(22)27(34)29-14-15-31-17-30-24(16-25(31)32)19-10-12-21(28)13-11-19/h2-13,16-17H,14-15H2,1H3,(H,29,34). The summed E-state index contributed by atoms with van der Waals surface area (Å²) in [7, 11) is 0. The van der Waals surface area contributed by atoms with Crippen molar-refractivity contribution in [2.45, 2.75) is 13.5 Å². The first-order valence-electron chi connectivity index (χ1n) is 10.7. The third-order valence-corrected chi connectivity index (χ3v) is 5.39. The number of ketones is 1. The van der Waals surface area contributed by atoms with E-state index in [1.807, 2.05) is 19.1 Å². The van der Waals surface area contributed by atoms with Gasteiger partial charge >= 0.3 is 0 Å². The minimum absolute atomic E-state index is 0.170. The number of benzene rings is 3. The van der Waals surface area contributed by atoms with E-state index in [1.165, 1.54) is 29.1 Å². The zero-order valence-corrected chi connectivity index (χ0v) is 18.5. The highest BCUT2D eigenvalue weighted by molar-refractivity contribution is 6.15. The summed E-state index contributed by atoms with van der Waals surface area (Å²) >= 11 is 0. The molecule has 0 bridgehead atoms. The smallest absolute Gasteiger partial charge is 0.253 e. The average molecular weight is 455 g/mol. The molecule has 0 saturated carbocycles. The van der Waals surface area contributed by atoms with Crippen LogP contribution in [0.25, 0.3) is 11.3 Å². The molecule has 0 aliphatic rings. The molecule has 0 fully saturated rings. The molecular weight excluding hydrogens is 433 g/mol. The Hall–Kier alpha value is -4.39. The molecule has 4 rings (SSSR count). The van der Waals surface area contributed by atoms with Crippen molar-refractivity contribution in [3.63, 3.8) is 0 Å². The fourth-order valence-corrected chi connectivity index (χ4v) is 3.50. The van der Waals surface area contributed by atoms with Crippen molar-refractivity contribution in [3.05, 3.63) is 124 Å². The molecule has 1 aromatic heterocycles. The minimum atomic E-state index is -0.403. The molecule has 1 N–H and O–H groups in total. The lowest BCUT2D eigenvalue weighted by Crippen LogP contribution is -2.31. The van der Waals surface area contributed by atoms with Crippen LogP contribution in [-0.2, 0) is 6.54 Å². The van der Waals surface area contributed by atoms with Crippen molar-refractivity contribution in [1.29, 1.82) is 0 Å². The molecule has 0 atom stereocenters. The Morgan fingerprint density at radius 3 is 2.29 bits per heavy atom. The third-order valence-electron chi connectivity index (χ3n) is 5.39. The molecule has 6 nitrogen and oxygen atoms in total. The minimum Gasteiger partial charge on any atom is -0.350 e. The lowest BCUT2D eigenvalue weighted by atomic mass is 9.97. The molecule has 1 amide bonds. The zero-order chi connectivity index (χ0) is 24.1. The van der Waals surface area contributed by atoms with Gasteiger partial charge in [-0.1, -0.05) is 48.0 Å². The molecule has 34 heavy (non-hydrogen) atoms. The van der Waals surface area contributed by atoms with Crippen LogP contribution in [0.2, 0.25) is 0 Å². The summed E-state index contributed by atoms with van der Waals surface area (Å²) in [6.45, 7) is 2.31. The van der Waals surface area contributed by atoms with Gasteiger partial charge in [-0.2, -0.15) is 0 Å². The first-order chi connectivity index (χ1) is 16.4. The molecule has 0 aliphatic heterocycles. The topological polar surface area (TPSA) is 81.1 Å². The first kappa shape index (κ1) is 22.8. The predicted octanol–water partition coefficient (Wildman–Crippen LogP) is 4.02. The predicted molar refractivity (Wildman–Crippen MR) is 127 cm³/mol. The van der Waals surface area contributed by atoms with Crippen molar-refractivity contribution in [2.24, 2.45) is 0 Å². The van der Waals surface area contributed by atoms with Crippen molar-refractivity contribution in [1.82, 2.24) is 14.9 Å². The second kappa shape index (κ2) is 10.0. The van der Waals surface area contributed by atoms with Gasteiger partial charge in [0.15, 0.2) is 5.78 Å². The van der Waals surface area contributed by atoms with E-state index in [0.717, 1.165) is 5.56 Å². The van der Waals surface area contributed by atoms with Gasteiger partial charge < -0.3 is 5.32 Å². The van der Waals surface area contributed by atoms with E-state index >= 15 is 0 Å². The Balaban J connectivity index is 1.43. The lowest BCUT2D eigenvalue weighted by molar-refractivity contribution is 0.0940. The molecular formula is C27H22FN3O3. The SMILES string of the molecule is Cc1ccc(C(=O)c2ccccc2C(=O)NCCn2cnc(-c3ccc(F)cc3)cc2=O)cc1. The summed E-state index contributed by atoms with van der Waals surface area (Å²) in [5.74, 6) is -1.00. The van der Waals surface area contributed by atoms with Gasteiger partial charge in [0, 0.05) is 35.8 Å². The molecule has 170 valence electrons. The number of hydrogen-bond acceptors (Lipinski definition) is 4. The van der Waals surface area contributed by atoms with Gasteiger partial charge in [-0.05, 0) is 37.3 Å². The maximum atomic E-state index is 13.1. The van der Waals surface area contributed by atoms with E-state index in [-0.39, 0.29) is 35.8 Å². The van der Waals surface area contributed by atoms with E-state index in [4.69, 9.17) is 0 Å². The fraction of sp³-hybridized carbons (Fsp3) is 0.111. The molecule has 0 aliphatic carbocycles. The molecule has 0 radical (unpaired) electrons. The monoisotopic (exact) mass is 455 g/mol. The van der Waals surface area contributed by atoms with Gasteiger partial charge in [0.05, 0.1) is 17.6 Å². The van der Waals surface area contributed by atoms with Crippen LogP contribution in [0.1, 0.15) is 31.8 Å². The Kier molecular flexibility index (Phi) is 6.73. The first-order valence-corrected chi connectivity index (χ1v) is 10.7. The van der Waals surface area contributed by atoms with Gasteiger partial charge in [0.1, 0.15) is 5.82 Å². The van der Waals surface area contributed by atoms with Gasteiger partial charge in [0.25, 0.3) is 11.5 Å². The molecule has 0 saturated heterocycles. The van der Waals surface area contributed by atoms with Crippen LogP contribution < -0.4 is 10.9 Å². The molecule has 7 heteroatoms. The molecule has 0 spiro atoms. The quantitative estimate of drug-likeness (QED) is 0.427. The number of nitrogens with zero attached hydrogens (tertiary/aromatic N) is 2. The number of halogens is 1. The summed E-state index contributed by atoms with van der Waals surface area (Å²) in [6.07, 6.45) is 1.39. The highest BCUT2D eigenvalue weighted by atomic mass is 19.1. The van der Waals surface area contributed by atoms with E-state index in [2.05, 4.69) is 10.3 Å². The van der Waals surface area contributed by atoms with Crippen molar-refractivity contribution >= 4 is 11.7 Å². The van der Waals surface area contributed by atoms with Gasteiger partial charge in [0.2, 0.25) is 0 Å². The van der Waals surface area contributed by atoms with E-state index in [0.29, 0.717) is 22.4 Å². The fourth-order valence-electron chi connectivity index (χ4n) is 3.50. The van der Waals surface area contributed by atoms with Gasteiger partial charge in [-0.25, -0.2) is 9.37 Å². The van der Waals surface area contributed by atoms with Gasteiger partial charge in [-0.3, -0.25) is 19.0 Å². The number of amides is 1. The molecule has 0 unspecified atom stereocenters. The molecule has 4 aromatic rings. The Bertz CT molecular complexity index is 1390. The van der Waals surface area contributed by atoms with Crippen LogP contribution in [0.4, 0.5) is 4.39 Å². The van der Waals surface area contributed by atoms with E-state index < -0.39 is 5.91 Å². The van der Waals surface area contributed by atoms with Crippen LogP contribution in [0.15, 0.2) is 90.0 Å². The van der Waals surface area contributed by atoms with Crippen LogP contribution in [-0.4, -0.2) is 27.8 Å². The summed E-state index contributed by atoms with van der Waals surface area (Å²) < 4.78 is 14.5. The summed E-state index contributed by atoms with van der Waals surface area (Å²) in [5.41, 5.74) is 2.90. The maximum Gasteiger partial charge on any atom is 0.253 e. The second-order valence-corrected chi connectivity index (χ2v) is 7.81. The Labute approximate surface area is 195 Å². The lowest BCUT2D eigenvalue weighted by Gasteiger charge is -2.11. The van der Waals surface area contributed by atoms with Crippen LogP contribution in [0.3, 0.4) is 0 Å². The number of rotatable bonds is 7. The number of aromatic nitrogens is 2. The van der Waals surface area contributed by atoms with Crippen LogP contribution in [0.5, 0.6) is 0 Å². The number of aryl methyl sites for hydroxylation is 1. The summed E-state index contributed by atoms with van der Waals surface area (Å²) in [6, 6.07) is 20.9. The Morgan fingerprint density at radius 1 is 0.941 bits per heavy atom. The summed E-state index contributed by atoms with van der Waals surface area (Å²) in [5, 5.41) is 2.76. The maximum absolute atomic E-state index is 13.1. The van der Waals surface area contributed by atoms with Crippen molar-refractivity contribution < 1.29 is 14.0 Å². The second-order valence-electron chi connectivity index (χ2n) is 7.81. The largest absolute Gasteiger partial charge is 0.350 e. The van der Waals surface area contributed by atoms with E-state index in [9.17, 15) is 18.8 Å². The van der Waals surface area contributed by atoms with Crippen LogP contribution in [0, 0.1) is 12.7 Å². The third kappa shape index (κ3) is 5.15. The number of carbonyl (C=O) groups excluding carboxylic acids is 2. The highest BCUT2D eigenvalue weighted by Gasteiger charge is 2.17. The highest BCUT2D eigenvalue weighted by Crippen LogP contribution is 2.16. The number of nitrogens with one attached hydrogen (secondary N) is 1. The van der Waals surface area contributed by atoms with Crippen LogP contribution >= 0.6 is 0 Å².